The summed E-state index contributed by atoms with van der Waals surface area (Å²) in [6, 6.07) is 20.2. The van der Waals surface area contributed by atoms with E-state index in [1.165, 1.54) is 23.0 Å². The largest absolute Gasteiger partial charge is 0.497 e. The zero-order chi connectivity index (χ0) is 29.7. The van der Waals surface area contributed by atoms with Gasteiger partial charge in [0.05, 0.1) is 18.3 Å². The van der Waals surface area contributed by atoms with E-state index in [4.69, 9.17) is 4.74 Å². The van der Waals surface area contributed by atoms with Crippen LogP contribution in [0.2, 0.25) is 0 Å². The first kappa shape index (κ1) is 28.4. The Morgan fingerprint density at radius 1 is 0.951 bits per heavy atom. The quantitative estimate of drug-likeness (QED) is 0.363. The third kappa shape index (κ3) is 4.98. The summed E-state index contributed by atoms with van der Waals surface area (Å²) in [5, 5.41) is 3.63. The highest BCUT2D eigenvalue weighted by Crippen LogP contribution is 2.46. The van der Waals surface area contributed by atoms with Gasteiger partial charge in [0.2, 0.25) is 5.91 Å². The minimum atomic E-state index is -4.07. The van der Waals surface area contributed by atoms with Crippen LogP contribution in [0, 0.1) is 0 Å². The van der Waals surface area contributed by atoms with Crippen LogP contribution >= 0.6 is 0 Å². The monoisotopic (exact) mass is 574 g/mol. The van der Waals surface area contributed by atoms with Crippen LogP contribution in [0.15, 0.2) is 72.8 Å². The summed E-state index contributed by atoms with van der Waals surface area (Å²) >= 11 is 0. The molecule has 0 fully saturated rings. The van der Waals surface area contributed by atoms with Crippen molar-refractivity contribution in [3.8, 4) is 17.0 Å². The van der Waals surface area contributed by atoms with E-state index in [0.29, 0.717) is 39.0 Å². The highest BCUT2D eigenvalue weighted by Gasteiger charge is 2.43. The highest BCUT2D eigenvalue weighted by atomic mass is 32.2. The Bertz CT molecular complexity index is 1750. The second-order valence-corrected chi connectivity index (χ2v) is 13.3. The number of nitrogens with one attached hydrogen (secondary N) is 1. The Labute approximate surface area is 240 Å². The predicted molar refractivity (Wildman–Crippen MR) is 159 cm³/mol. The molecule has 0 aliphatic carbocycles. The van der Waals surface area contributed by atoms with Crippen LogP contribution in [-0.2, 0) is 21.5 Å². The van der Waals surface area contributed by atoms with Gasteiger partial charge in [0.15, 0.2) is 0 Å². The number of hydrogen-bond donors (Lipinski definition) is 1. The first-order valence-corrected chi connectivity index (χ1v) is 14.7. The summed E-state index contributed by atoms with van der Waals surface area (Å²) in [6.45, 7) is 5.71. The maximum Gasteiger partial charge on any atom is 0.308 e. The third-order valence-electron chi connectivity index (χ3n) is 7.08. The summed E-state index contributed by atoms with van der Waals surface area (Å²) in [5.74, 6) is -0.110. The van der Waals surface area contributed by atoms with Crippen molar-refractivity contribution in [2.75, 3.05) is 21.2 Å². The molecule has 0 bridgehead atoms. The standard InChI is InChI=1S/C31H34N4O5S/c1-31(2,3)32-29(36)28-26-24-13-9-10-14-25(24)35(41(38,39)33(4)5)27(26)22-11-7-8-12-23(22)30(37)34(28)19-20-15-17-21(40-6)18-16-20/h7-18,28H,19H2,1-6H3,(H,32,36). The molecular formula is C31H34N4O5S. The van der Waals surface area contributed by atoms with E-state index in [1.807, 2.05) is 32.9 Å². The van der Waals surface area contributed by atoms with Gasteiger partial charge in [-0.05, 0) is 50.6 Å². The van der Waals surface area contributed by atoms with Gasteiger partial charge in [0, 0.05) is 48.3 Å². The molecule has 214 valence electrons. The predicted octanol–water partition coefficient (Wildman–Crippen LogP) is 4.58. The number of ether oxygens (including phenoxy) is 1. The number of carbonyl (C=O) groups is 2. The van der Waals surface area contributed by atoms with Crippen molar-refractivity contribution >= 4 is 32.9 Å². The van der Waals surface area contributed by atoms with E-state index >= 15 is 0 Å². The second kappa shape index (κ2) is 10.4. The fourth-order valence-corrected chi connectivity index (χ4v) is 6.44. The van der Waals surface area contributed by atoms with Crippen LogP contribution in [0.3, 0.4) is 0 Å². The third-order valence-corrected chi connectivity index (χ3v) is 8.84. The van der Waals surface area contributed by atoms with Crippen molar-refractivity contribution in [3.63, 3.8) is 0 Å². The molecule has 9 nitrogen and oxygen atoms in total. The van der Waals surface area contributed by atoms with Crippen molar-refractivity contribution in [2.45, 2.75) is 38.9 Å². The number of rotatable bonds is 6. The van der Waals surface area contributed by atoms with E-state index in [2.05, 4.69) is 5.32 Å². The number of fused-ring (bicyclic) bond motifs is 5. The molecule has 1 atom stereocenters. The maximum atomic E-state index is 14.4. The van der Waals surface area contributed by atoms with Crippen molar-refractivity contribution in [1.29, 1.82) is 0 Å². The molecule has 3 aromatic carbocycles. The van der Waals surface area contributed by atoms with Gasteiger partial charge in [0.1, 0.15) is 11.8 Å². The molecule has 10 heteroatoms. The molecule has 41 heavy (non-hydrogen) atoms. The SMILES string of the molecule is COc1ccc(CN2C(=O)c3ccccc3-c3c(c4ccccc4n3S(=O)(=O)N(C)C)C2C(=O)NC(C)(C)C)cc1. The molecule has 0 radical (unpaired) electrons. The summed E-state index contributed by atoms with van der Waals surface area (Å²) in [6.07, 6.45) is 0. The molecule has 5 rings (SSSR count). The lowest BCUT2D eigenvalue weighted by Gasteiger charge is -2.33. The molecule has 1 N–H and O–H groups in total. The van der Waals surface area contributed by atoms with Gasteiger partial charge in [-0.2, -0.15) is 12.7 Å². The molecule has 1 aliphatic rings. The Kier molecular flexibility index (Phi) is 7.17. The topological polar surface area (TPSA) is 101 Å². The number of hydrogen-bond acceptors (Lipinski definition) is 5. The van der Waals surface area contributed by atoms with Crippen LogP contribution in [0.5, 0.6) is 5.75 Å². The number of nitrogens with zero attached hydrogens (tertiary/aromatic N) is 3. The van der Waals surface area contributed by atoms with Gasteiger partial charge in [0.25, 0.3) is 5.91 Å². The molecule has 0 spiro atoms. The molecular weight excluding hydrogens is 540 g/mol. The summed E-state index contributed by atoms with van der Waals surface area (Å²) in [4.78, 5) is 30.2. The van der Waals surface area contributed by atoms with E-state index in [0.717, 1.165) is 9.87 Å². The first-order chi connectivity index (χ1) is 19.3. The minimum absolute atomic E-state index is 0.110. The number of para-hydroxylation sites is 1. The fourth-order valence-electron chi connectivity index (χ4n) is 5.28. The van der Waals surface area contributed by atoms with Gasteiger partial charge < -0.3 is 15.0 Å². The van der Waals surface area contributed by atoms with Gasteiger partial charge >= 0.3 is 10.2 Å². The lowest BCUT2D eigenvalue weighted by Crippen LogP contribution is -2.48. The lowest BCUT2D eigenvalue weighted by atomic mass is 9.96. The summed E-state index contributed by atoms with van der Waals surface area (Å²) in [5.41, 5.74) is 2.12. The number of carbonyl (C=O) groups excluding carboxylic acids is 2. The number of methoxy groups -OCH3 is 1. The molecule has 2 amide bonds. The van der Waals surface area contributed by atoms with Crippen LogP contribution in [0.4, 0.5) is 0 Å². The van der Waals surface area contributed by atoms with E-state index in [-0.39, 0.29) is 12.5 Å². The van der Waals surface area contributed by atoms with Crippen LogP contribution in [-0.4, -0.2) is 60.2 Å². The molecule has 1 aromatic heterocycles. The number of benzene rings is 3. The second-order valence-electron chi connectivity index (χ2n) is 11.3. The Morgan fingerprint density at radius 2 is 1.56 bits per heavy atom. The molecule has 1 unspecified atom stereocenters. The Morgan fingerprint density at radius 3 is 2.17 bits per heavy atom. The molecule has 0 saturated heterocycles. The smallest absolute Gasteiger partial charge is 0.308 e. The van der Waals surface area contributed by atoms with Crippen molar-refractivity contribution in [1.82, 2.24) is 18.5 Å². The first-order valence-electron chi connectivity index (χ1n) is 13.3. The Balaban J connectivity index is 1.89. The summed E-state index contributed by atoms with van der Waals surface area (Å²) < 4.78 is 35.5. The van der Waals surface area contributed by atoms with Crippen LogP contribution in [0.25, 0.3) is 22.2 Å². The molecule has 4 aromatic rings. The minimum Gasteiger partial charge on any atom is -0.497 e. The fraction of sp³-hybridized carbons (Fsp3) is 0.290. The number of amides is 2. The lowest BCUT2D eigenvalue weighted by molar-refractivity contribution is -0.127. The Hall–Kier alpha value is -4.15. The van der Waals surface area contributed by atoms with Gasteiger partial charge in [-0.15, -0.1) is 0 Å². The van der Waals surface area contributed by atoms with Crippen LogP contribution in [0.1, 0.15) is 48.3 Å². The van der Waals surface area contributed by atoms with Crippen molar-refractivity contribution in [3.05, 3.63) is 89.5 Å². The normalized spacial score (nSPS) is 15.4. The zero-order valence-corrected chi connectivity index (χ0v) is 24.8. The van der Waals surface area contributed by atoms with E-state index in [1.54, 1.807) is 67.8 Å². The van der Waals surface area contributed by atoms with Crippen molar-refractivity contribution in [2.24, 2.45) is 0 Å². The molecule has 2 heterocycles. The zero-order valence-electron chi connectivity index (χ0n) is 24.0. The van der Waals surface area contributed by atoms with Crippen molar-refractivity contribution < 1.29 is 22.7 Å². The summed E-state index contributed by atoms with van der Waals surface area (Å²) in [7, 11) is 0.432. The molecule has 1 aliphatic heterocycles. The number of aromatic nitrogens is 1. The average Bonchev–Trinajstić information content (AvgIpc) is 3.22. The van der Waals surface area contributed by atoms with E-state index in [9.17, 15) is 18.0 Å². The van der Waals surface area contributed by atoms with Gasteiger partial charge in [-0.25, -0.2) is 3.97 Å². The van der Waals surface area contributed by atoms with Gasteiger partial charge in [-0.3, -0.25) is 9.59 Å². The molecule has 0 saturated carbocycles. The van der Waals surface area contributed by atoms with Gasteiger partial charge in [-0.1, -0.05) is 48.5 Å². The van der Waals surface area contributed by atoms with Crippen LogP contribution < -0.4 is 10.1 Å². The average molecular weight is 575 g/mol. The maximum absolute atomic E-state index is 14.4. The van der Waals surface area contributed by atoms with E-state index < -0.39 is 27.7 Å². The highest BCUT2D eigenvalue weighted by molar-refractivity contribution is 7.87.